The molecule has 5 aromatic rings. The molecule has 0 atom stereocenters. The second-order valence-electron chi connectivity index (χ2n) is 9.65. The van der Waals surface area contributed by atoms with E-state index < -0.39 is 0 Å². The zero-order valence-electron chi connectivity index (χ0n) is 18.6. The summed E-state index contributed by atoms with van der Waals surface area (Å²) in [4.78, 5) is 4.74. The zero-order chi connectivity index (χ0) is 21.6. The molecule has 0 fully saturated rings. The zero-order valence-corrected chi connectivity index (χ0v) is 19.4. The average Bonchev–Trinajstić information content (AvgIpc) is 3.11. The summed E-state index contributed by atoms with van der Waals surface area (Å²) < 4.78 is 2.64. The van der Waals surface area contributed by atoms with Crippen molar-refractivity contribution in [3.63, 3.8) is 0 Å². The van der Waals surface area contributed by atoms with Crippen molar-refractivity contribution in [3.8, 4) is 22.4 Å². The van der Waals surface area contributed by atoms with E-state index in [9.17, 15) is 0 Å². The molecule has 31 heavy (non-hydrogen) atoms. The second-order valence-corrected chi connectivity index (χ2v) is 10.7. The molecule has 3 aromatic carbocycles. The number of aromatic nitrogens is 1. The summed E-state index contributed by atoms with van der Waals surface area (Å²) in [6.07, 6.45) is 3.00. The molecule has 2 heterocycles. The van der Waals surface area contributed by atoms with E-state index in [1.54, 1.807) is 0 Å². The molecule has 0 radical (unpaired) electrons. The lowest BCUT2D eigenvalue weighted by molar-refractivity contribution is 0.411. The maximum atomic E-state index is 4.74. The lowest BCUT2D eigenvalue weighted by Gasteiger charge is -2.18. The molecular formula is C29H27NS. The van der Waals surface area contributed by atoms with Crippen LogP contribution >= 0.6 is 11.3 Å². The molecule has 0 spiro atoms. The van der Waals surface area contributed by atoms with Gasteiger partial charge in [-0.15, -0.1) is 11.3 Å². The molecular weight excluding hydrogens is 394 g/mol. The van der Waals surface area contributed by atoms with E-state index in [0.717, 1.165) is 12.1 Å². The molecule has 1 nitrogen and oxygen atoms in total. The van der Waals surface area contributed by atoms with Gasteiger partial charge in [-0.3, -0.25) is 4.98 Å². The van der Waals surface area contributed by atoms with Crippen LogP contribution in [0.3, 0.4) is 0 Å². The van der Waals surface area contributed by atoms with Gasteiger partial charge >= 0.3 is 0 Å². The molecule has 5 rings (SSSR count). The summed E-state index contributed by atoms with van der Waals surface area (Å²) in [5, 5.41) is 2.64. The minimum absolute atomic E-state index is 0.259. The van der Waals surface area contributed by atoms with Crippen molar-refractivity contribution < 1.29 is 0 Å². The SMILES string of the molecule is Cc1ccc(-c2ccc3sc4c(-c5cc(CC(C)(C)C)ccn5)cccc4c3c2)cc1. The number of benzene rings is 3. The van der Waals surface area contributed by atoms with E-state index in [-0.39, 0.29) is 5.41 Å². The monoisotopic (exact) mass is 421 g/mol. The van der Waals surface area contributed by atoms with Crippen LogP contribution in [0.25, 0.3) is 42.6 Å². The Bertz CT molecular complexity index is 1380. The first-order chi connectivity index (χ1) is 14.9. The van der Waals surface area contributed by atoms with Gasteiger partial charge in [0.1, 0.15) is 0 Å². The Morgan fingerprint density at radius 2 is 1.58 bits per heavy atom. The molecule has 0 aliphatic carbocycles. The quantitative estimate of drug-likeness (QED) is 0.284. The van der Waals surface area contributed by atoms with E-state index in [2.05, 4.69) is 100 Å². The third kappa shape index (κ3) is 4.00. The second kappa shape index (κ2) is 7.62. The molecule has 0 unspecified atom stereocenters. The fourth-order valence-electron chi connectivity index (χ4n) is 4.27. The van der Waals surface area contributed by atoms with Gasteiger partial charge in [-0.25, -0.2) is 0 Å². The summed E-state index contributed by atoms with van der Waals surface area (Å²) in [5.41, 5.74) is 7.72. The van der Waals surface area contributed by atoms with Crippen molar-refractivity contribution >= 4 is 31.5 Å². The molecule has 2 aromatic heterocycles. The molecule has 0 bridgehead atoms. The summed E-state index contributed by atoms with van der Waals surface area (Å²) in [6.45, 7) is 8.98. The van der Waals surface area contributed by atoms with Crippen molar-refractivity contribution in [1.82, 2.24) is 4.98 Å². The number of hydrogen-bond acceptors (Lipinski definition) is 2. The van der Waals surface area contributed by atoms with Gasteiger partial charge in [-0.1, -0.05) is 74.9 Å². The first-order valence-electron chi connectivity index (χ1n) is 10.8. The van der Waals surface area contributed by atoms with Crippen molar-refractivity contribution in [3.05, 3.63) is 90.1 Å². The Morgan fingerprint density at radius 3 is 2.35 bits per heavy atom. The topological polar surface area (TPSA) is 12.9 Å². The Balaban J connectivity index is 1.64. The maximum absolute atomic E-state index is 4.74. The molecule has 0 aliphatic rings. The predicted molar refractivity (Wildman–Crippen MR) is 136 cm³/mol. The minimum Gasteiger partial charge on any atom is -0.256 e. The van der Waals surface area contributed by atoms with Crippen LogP contribution in [0.5, 0.6) is 0 Å². The number of rotatable bonds is 3. The number of fused-ring (bicyclic) bond motifs is 3. The van der Waals surface area contributed by atoms with Crippen molar-refractivity contribution in [2.75, 3.05) is 0 Å². The Hall–Kier alpha value is -2.97. The summed E-state index contributed by atoms with van der Waals surface area (Å²) >= 11 is 1.87. The van der Waals surface area contributed by atoms with Gasteiger partial charge in [0.25, 0.3) is 0 Å². The highest BCUT2D eigenvalue weighted by molar-refractivity contribution is 7.26. The maximum Gasteiger partial charge on any atom is 0.0719 e. The number of hydrogen-bond donors (Lipinski definition) is 0. The Morgan fingerprint density at radius 1 is 0.806 bits per heavy atom. The molecule has 154 valence electrons. The fourth-order valence-corrected chi connectivity index (χ4v) is 5.48. The van der Waals surface area contributed by atoms with Crippen LogP contribution in [-0.2, 0) is 6.42 Å². The molecule has 2 heteroatoms. The summed E-state index contributed by atoms with van der Waals surface area (Å²) in [7, 11) is 0. The molecule has 0 aliphatic heterocycles. The van der Waals surface area contributed by atoms with E-state index >= 15 is 0 Å². The van der Waals surface area contributed by atoms with Crippen LogP contribution in [0.4, 0.5) is 0 Å². The first-order valence-corrected chi connectivity index (χ1v) is 11.7. The van der Waals surface area contributed by atoms with E-state index in [1.807, 2.05) is 17.5 Å². The molecule has 0 amide bonds. The van der Waals surface area contributed by atoms with Crippen LogP contribution in [0.2, 0.25) is 0 Å². The highest BCUT2D eigenvalue weighted by atomic mass is 32.1. The fraction of sp³-hybridized carbons (Fsp3) is 0.207. The van der Waals surface area contributed by atoms with Gasteiger partial charge in [-0.05, 0) is 59.7 Å². The van der Waals surface area contributed by atoms with Crippen LogP contribution in [0, 0.1) is 12.3 Å². The largest absolute Gasteiger partial charge is 0.256 e. The van der Waals surface area contributed by atoms with Gasteiger partial charge < -0.3 is 0 Å². The first kappa shape index (κ1) is 20.0. The van der Waals surface area contributed by atoms with Crippen molar-refractivity contribution in [2.45, 2.75) is 34.1 Å². The van der Waals surface area contributed by atoms with E-state index in [0.29, 0.717) is 0 Å². The van der Waals surface area contributed by atoms with Crippen molar-refractivity contribution in [2.24, 2.45) is 5.41 Å². The lowest BCUT2D eigenvalue weighted by Crippen LogP contribution is -2.09. The van der Waals surface area contributed by atoms with Gasteiger partial charge in [-0.2, -0.15) is 0 Å². The van der Waals surface area contributed by atoms with Gasteiger partial charge in [0, 0.05) is 31.9 Å². The molecule has 0 N–H and O–H groups in total. The minimum atomic E-state index is 0.259. The number of pyridine rings is 1. The molecule has 0 saturated heterocycles. The third-order valence-electron chi connectivity index (χ3n) is 5.72. The van der Waals surface area contributed by atoms with Crippen LogP contribution < -0.4 is 0 Å². The van der Waals surface area contributed by atoms with Gasteiger partial charge in [0.05, 0.1) is 5.69 Å². The van der Waals surface area contributed by atoms with Gasteiger partial charge in [0.15, 0.2) is 0 Å². The lowest BCUT2D eigenvalue weighted by atomic mass is 9.88. The van der Waals surface area contributed by atoms with Crippen molar-refractivity contribution in [1.29, 1.82) is 0 Å². The van der Waals surface area contributed by atoms with Crippen LogP contribution in [-0.4, -0.2) is 4.98 Å². The normalized spacial score (nSPS) is 12.0. The number of aryl methyl sites for hydroxylation is 1. The highest BCUT2D eigenvalue weighted by Crippen LogP contribution is 2.41. The number of thiophene rings is 1. The van der Waals surface area contributed by atoms with Crippen LogP contribution in [0.15, 0.2) is 79.0 Å². The smallest absolute Gasteiger partial charge is 0.0719 e. The standard InChI is InChI=1S/C29H27NS/c1-19-8-10-21(11-9-19)22-12-13-27-25(17-22)23-6-5-7-24(28(23)31-27)26-16-20(14-15-30-26)18-29(2,3)4/h5-17H,18H2,1-4H3. The van der Waals surface area contributed by atoms with E-state index in [1.165, 1.54) is 48.0 Å². The number of nitrogens with zero attached hydrogens (tertiary/aromatic N) is 1. The summed E-state index contributed by atoms with van der Waals surface area (Å²) in [5.74, 6) is 0. The third-order valence-corrected chi connectivity index (χ3v) is 6.94. The van der Waals surface area contributed by atoms with Crippen LogP contribution in [0.1, 0.15) is 31.9 Å². The Kier molecular flexibility index (Phi) is 4.91. The summed E-state index contributed by atoms with van der Waals surface area (Å²) in [6, 6.07) is 26.7. The Labute approximate surface area is 188 Å². The van der Waals surface area contributed by atoms with Gasteiger partial charge in [0.2, 0.25) is 0 Å². The highest BCUT2D eigenvalue weighted by Gasteiger charge is 2.15. The van der Waals surface area contributed by atoms with E-state index in [4.69, 9.17) is 4.98 Å². The average molecular weight is 422 g/mol. The predicted octanol–water partition coefficient (Wildman–Crippen LogP) is 8.68. The molecule has 0 saturated carbocycles.